The van der Waals surface area contributed by atoms with Crippen LogP contribution in [0.2, 0.25) is 0 Å². The van der Waals surface area contributed by atoms with Gasteiger partial charge in [0.2, 0.25) is 5.91 Å². The molecule has 0 radical (unpaired) electrons. The summed E-state index contributed by atoms with van der Waals surface area (Å²) in [4.78, 5) is 23.6. The SMILES string of the molecule is CC(=O)c1ccc(C)c(C2=C(C)C(=O)NC(C)CN2)c1. The molecule has 1 aliphatic heterocycles. The van der Waals surface area contributed by atoms with Crippen molar-refractivity contribution < 1.29 is 9.59 Å². The van der Waals surface area contributed by atoms with Crippen LogP contribution in [0.4, 0.5) is 0 Å². The smallest absolute Gasteiger partial charge is 0.249 e. The van der Waals surface area contributed by atoms with Crippen LogP contribution in [0.15, 0.2) is 23.8 Å². The third-order valence-corrected chi connectivity index (χ3v) is 3.59. The third kappa shape index (κ3) is 2.74. The number of benzene rings is 1. The average molecular weight is 272 g/mol. The number of nitrogens with one attached hydrogen (secondary N) is 2. The van der Waals surface area contributed by atoms with E-state index in [0.717, 1.165) is 16.8 Å². The fourth-order valence-electron chi connectivity index (χ4n) is 2.29. The van der Waals surface area contributed by atoms with Crippen LogP contribution in [0.25, 0.3) is 5.70 Å². The van der Waals surface area contributed by atoms with Gasteiger partial charge in [0.15, 0.2) is 5.78 Å². The first-order valence-electron chi connectivity index (χ1n) is 6.77. The van der Waals surface area contributed by atoms with Crippen molar-refractivity contribution in [3.63, 3.8) is 0 Å². The molecule has 20 heavy (non-hydrogen) atoms. The minimum absolute atomic E-state index is 0.0240. The number of rotatable bonds is 2. The Morgan fingerprint density at radius 2 is 2.00 bits per heavy atom. The monoisotopic (exact) mass is 272 g/mol. The molecule has 4 nitrogen and oxygen atoms in total. The van der Waals surface area contributed by atoms with E-state index in [-0.39, 0.29) is 17.7 Å². The van der Waals surface area contributed by atoms with E-state index in [1.165, 1.54) is 0 Å². The Labute approximate surface area is 119 Å². The van der Waals surface area contributed by atoms with E-state index in [4.69, 9.17) is 0 Å². The molecule has 1 heterocycles. The van der Waals surface area contributed by atoms with Gasteiger partial charge in [0.1, 0.15) is 0 Å². The first-order valence-corrected chi connectivity index (χ1v) is 6.77. The lowest BCUT2D eigenvalue weighted by Gasteiger charge is -2.15. The maximum atomic E-state index is 12.1. The molecular weight excluding hydrogens is 252 g/mol. The number of carbonyl (C=O) groups is 2. The van der Waals surface area contributed by atoms with Gasteiger partial charge in [-0.25, -0.2) is 0 Å². The Bertz CT molecular complexity index is 602. The lowest BCUT2D eigenvalue weighted by molar-refractivity contribution is -0.117. The quantitative estimate of drug-likeness (QED) is 0.810. The first kappa shape index (κ1) is 14.3. The number of hydrogen-bond acceptors (Lipinski definition) is 3. The molecule has 4 heteroatoms. The minimum Gasteiger partial charge on any atom is -0.382 e. The van der Waals surface area contributed by atoms with Gasteiger partial charge in [-0.2, -0.15) is 0 Å². The van der Waals surface area contributed by atoms with Crippen molar-refractivity contribution >= 4 is 17.4 Å². The number of amides is 1. The predicted octanol–water partition coefficient (Wildman–Crippen LogP) is 2.04. The summed E-state index contributed by atoms with van der Waals surface area (Å²) in [5, 5.41) is 6.24. The van der Waals surface area contributed by atoms with Crippen LogP contribution < -0.4 is 10.6 Å². The molecule has 2 N–H and O–H groups in total. The van der Waals surface area contributed by atoms with Crippen LogP contribution >= 0.6 is 0 Å². The number of carbonyl (C=O) groups excluding carboxylic acids is 2. The molecule has 0 bridgehead atoms. The Kier molecular flexibility index (Phi) is 3.93. The highest BCUT2D eigenvalue weighted by molar-refractivity contribution is 6.02. The van der Waals surface area contributed by atoms with E-state index in [1.807, 2.05) is 32.0 Å². The molecule has 2 rings (SSSR count). The molecular formula is C16H20N2O2. The summed E-state index contributed by atoms with van der Waals surface area (Å²) in [7, 11) is 0. The van der Waals surface area contributed by atoms with E-state index < -0.39 is 0 Å². The van der Waals surface area contributed by atoms with Crippen LogP contribution in [0.5, 0.6) is 0 Å². The molecule has 1 aliphatic rings. The van der Waals surface area contributed by atoms with Crippen LogP contribution in [-0.4, -0.2) is 24.3 Å². The lowest BCUT2D eigenvalue weighted by Crippen LogP contribution is -2.36. The molecule has 1 aromatic rings. The number of hydrogen-bond donors (Lipinski definition) is 2. The summed E-state index contributed by atoms with van der Waals surface area (Å²) in [6.45, 7) is 7.95. The maximum absolute atomic E-state index is 12.1. The molecule has 1 atom stereocenters. The molecule has 106 valence electrons. The minimum atomic E-state index is -0.0647. The van der Waals surface area contributed by atoms with Gasteiger partial charge in [0, 0.05) is 29.3 Å². The summed E-state index contributed by atoms with van der Waals surface area (Å²) in [6, 6.07) is 5.66. The highest BCUT2D eigenvalue weighted by Crippen LogP contribution is 2.23. The van der Waals surface area contributed by atoms with Crippen molar-refractivity contribution in [2.75, 3.05) is 6.54 Å². The molecule has 0 aromatic heterocycles. The van der Waals surface area contributed by atoms with Crippen LogP contribution in [0.3, 0.4) is 0 Å². The summed E-state index contributed by atoms with van der Waals surface area (Å²) >= 11 is 0. The highest BCUT2D eigenvalue weighted by atomic mass is 16.1. The Morgan fingerprint density at radius 1 is 1.30 bits per heavy atom. The molecule has 0 fully saturated rings. The van der Waals surface area contributed by atoms with Crippen molar-refractivity contribution in [1.29, 1.82) is 0 Å². The molecule has 1 amide bonds. The van der Waals surface area contributed by atoms with Crippen molar-refractivity contribution in [2.45, 2.75) is 33.7 Å². The zero-order chi connectivity index (χ0) is 14.9. The summed E-state index contributed by atoms with van der Waals surface area (Å²) < 4.78 is 0. The van der Waals surface area contributed by atoms with E-state index in [0.29, 0.717) is 17.7 Å². The van der Waals surface area contributed by atoms with Crippen molar-refractivity contribution in [2.24, 2.45) is 0 Å². The van der Waals surface area contributed by atoms with Gasteiger partial charge in [-0.15, -0.1) is 0 Å². The Morgan fingerprint density at radius 3 is 2.65 bits per heavy atom. The van der Waals surface area contributed by atoms with Crippen molar-refractivity contribution in [1.82, 2.24) is 10.6 Å². The zero-order valence-electron chi connectivity index (χ0n) is 12.3. The Hall–Kier alpha value is -2.10. The van der Waals surface area contributed by atoms with Crippen LogP contribution in [0.1, 0.15) is 42.3 Å². The summed E-state index contributed by atoms with van der Waals surface area (Å²) in [5.41, 5.74) is 4.08. The van der Waals surface area contributed by atoms with Gasteiger partial charge in [0.25, 0.3) is 0 Å². The normalized spacial score (nSPS) is 19.2. The van der Waals surface area contributed by atoms with E-state index >= 15 is 0 Å². The Balaban J connectivity index is 2.53. The second-order valence-electron chi connectivity index (χ2n) is 5.34. The molecule has 1 aromatic carbocycles. The van der Waals surface area contributed by atoms with Gasteiger partial charge in [-0.3, -0.25) is 9.59 Å². The second-order valence-corrected chi connectivity index (χ2v) is 5.34. The number of Topliss-reactive ketones (excluding diaryl/α,β-unsaturated/α-hetero) is 1. The summed E-state index contributed by atoms with van der Waals surface area (Å²) in [5.74, 6) is -0.0407. The fourth-order valence-corrected chi connectivity index (χ4v) is 2.29. The third-order valence-electron chi connectivity index (χ3n) is 3.59. The zero-order valence-corrected chi connectivity index (χ0v) is 12.3. The molecule has 0 spiro atoms. The summed E-state index contributed by atoms with van der Waals surface area (Å²) in [6.07, 6.45) is 0. The van der Waals surface area contributed by atoms with Gasteiger partial charge in [-0.05, 0) is 39.3 Å². The van der Waals surface area contributed by atoms with E-state index in [2.05, 4.69) is 10.6 Å². The van der Waals surface area contributed by atoms with Crippen molar-refractivity contribution in [3.05, 3.63) is 40.5 Å². The average Bonchev–Trinajstić information content (AvgIpc) is 2.51. The first-order chi connectivity index (χ1) is 9.40. The maximum Gasteiger partial charge on any atom is 0.249 e. The van der Waals surface area contributed by atoms with Crippen molar-refractivity contribution in [3.8, 4) is 0 Å². The van der Waals surface area contributed by atoms with E-state index in [9.17, 15) is 9.59 Å². The van der Waals surface area contributed by atoms with Gasteiger partial charge >= 0.3 is 0 Å². The lowest BCUT2D eigenvalue weighted by atomic mass is 9.98. The molecule has 1 unspecified atom stereocenters. The van der Waals surface area contributed by atoms with Gasteiger partial charge in [0.05, 0.1) is 5.70 Å². The largest absolute Gasteiger partial charge is 0.382 e. The van der Waals surface area contributed by atoms with E-state index in [1.54, 1.807) is 13.8 Å². The van der Waals surface area contributed by atoms with Crippen LogP contribution in [-0.2, 0) is 4.79 Å². The van der Waals surface area contributed by atoms with Gasteiger partial charge in [-0.1, -0.05) is 12.1 Å². The topological polar surface area (TPSA) is 58.2 Å². The standard InChI is InChI=1S/C16H20N2O2/c1-9-5-6-13(12(4)19)7-14(9)15-11(3)16(20)18-10(2)8-17-15/h5-7,10,17H,8H2,1-4H3,(H,18,20). The number of ketones is 1. The molecule has 0 saturated carbocycles. The second kappa shape index (κ2) is 5.49. The molecule has 0 saturated heterocycles. The van der Waals surface area contributed by atoms with Crippen LogP contribution in [0, 0.1) is 6.92 Å². The van der Waals surface area contributed by atoms with Gasteiger partial charge < -0.3 is 10.6 Å². The fraction of sp³-hybridized carbons (Fsp3) is 0.375. The number of aryl methyl sites for hydroxylation is 1. The highest BCUT2D eigenvalue weighted by Gasteiger charge is 2.20. The predicted molar refractivity (Wildman–Crippen MR) is 79.4 cm³/mol. The molecule has 0 aliphatic carbocycles.